The van der Waals surface area contributed by atoms with Gasteiger partial charge in [0.15, 0.2) is 0 Å². The van der Waals surface area contributed by atoms with Crippen LogP contribution in [-0.4, -0.2) is 25.8 Å². The minimum atomic E-state index is -0.0553. The molecule has 1 aromatic carbocycles. The van der Waals surface area contributed by atoms with Gasteiger partial charge in [-0.25, -0.2) is 0 Å². The van der Waals surface area contributed by atoms with Crippen LogP contribution in [0.2, 0.25) is 5.02 Å². The van der Waals surface area contributed by atoms with E-state index >= 15 is 0 Å². The summed E-state index contributed by atoms with van der Waals surface area (Å²) in [4.78, 5) is 0. The van der Waals surface area contributed by atoms with Crippen molar-refractivity contribution in [1.82, 2.24) is 5.32 Å². The number of halogens is 1. The van der Waals surface area contributed by atoms with Gasteiger partial charge in [0, 0.05) is 11.6 Å². The molecule has 0 fully saturated rings. The maximum absolute atomic E-state index is 6.03. The van der Waals surface area contributed by atoms with Gasteiger partial charge in [0.05, 0.1) is 5.60 Å². The number of nitrogens with one attached hydrogen (secondary N) is 1. The van der Waals surface area contributed by atoms with E-state index in [2.05, 4.69) is 38.2 Å². The molecule has 0 aromatic heterocycles. The predicted molar refractivity (Wildman–Crippen MR) is 82.9 cm³/mol. The Bertz CT molecular complexity index is 373. The van der Waals surface area contributed by atoms with Crippen LogP contribution in [0.25, 0.3) is 0 Å². The molecule has 1 N–H and O–H groups in total. The fourth-order valence-corrected chi connectivity index (χ4v) is 2.31. The molecular formula is C16H26ClNO. The molecule has 19 heavy (non-hydrogen) atoms. The zero-order valence-corrected chi connectivity index (χ0v) is 13.3. The Morgan fingerprint density at radius 1 is 1.32 bits per heavy atom. The molecule has 0 aliphatic rings. The number of rotatable bonds is 7. The second-order valence-electron chi connectivity index (χ2n) is 6.01. The van der Waals surface area contributed by atoms with Gasteiger partial charge in [-0.2, -0.15) is 0 Å². The first-order chi connectivity index (χ1) is 8.90. The summed E-state index contributed by atoms with van der Waals surface area (Å²) in [7, 11) is 2.00. The standard InChI is InChI=1S/C16H26ClNO/c1-16(2,3)19-9-8-14(12-18-4)10-13-6-5-7-15(17)11-13/h5-7,11,14,18H,8-10,12H2,1-4H3. The van der Waals surface area contributed by atoms with E-state index in [0.717, 1.165) is 31.0 Å². The monoisotopic (exact) mass is 283 g/mol. The van der Waals surface area contributed by atoms with Crippen LogP contribution >= 0.6 is 11.6 Å². The Balaban J connectivity index is 2.48. The van der Waals surface area contributed by atoms with Crippen LogP contribution in [0.4, 0.5) is 0 Å². The van der Waals surface area contributed by atoms with Crippen LogP contribution < -0.4 is 5.32 Å². The van der Waals surface area contributed by atoms with Crippen molar-refractivity contribution in [2.24, 2.45) is 5.92 Å². The minimum absolute atomic E-state index is 0.0553. The number of ether oxygens (including phenoxy) is 1. The largest absolute Gasteiger partial charge is 0.376 e. The van der Waals surface area contributed by atoms with Gasteiger partial charge in [-0.1, -0.05) is 23.7 Å². The van der Waals surface area contributed by atoms with E-state index in [1.54, 1.807) is 0 Å². The van der Waals surface area contributed by atoms with Gasteiger partial charge in [0.25, 0.3) is 0 Å². The van der Waals surface area contributed by atoms with Gasteiger partial charge in [0.2, 0.25) is 0 Å². The van der Waals surface area contributed by atoms with Crippen molar-refractivity contribution < 1.29 is 4.74 Å². The first-order valence-electron chi connectivity index (χ1n) is 6.94. The van der Waals surface area contributed by atoms with E-state index < -0.39 is 0 Å². The molecule has 1 rings (SSSR count). The molecule has 0 bridgehead atoms. The van der Waals surface area contributed by atoms with Gasteiger partial charge in [-0.05, 0) is 70.8 Å². The molecule has 2 nitrogen and oxygen atoms in total. The maximum Gasteiger partial charge on any atom is 0.0598 e. The molecule has 0 radical (unpaired) electrons. The predicted octanol–water partition coefficient (Wildman–Crippen LogP) is 3.92. The molecule has 0 saturated heterocycles. The van der Waals surface area contributed by atoms with Crippen LogP contribution in [0.3, 0.4) is 0 Å². The molecule has 1 unspecified atom stereocenters. The summed E-state index contributed by atoms with van der Waals surface area (Å²) >= 11 is 6.03. The van der Waals surface area contributed by atoms with Crippen molar-refractivity contribution in [3.05, 3.63) is 34.9 Å². The number of hydrogen-bond acceptors (Lipinski definition) is 2. The van der Waals surface area contributed by atoms with Gasteiger partial charge in [0.1, 0.15) is 0 Å². The quantitative estimate of drug-likeness (QED) is 0.819. The van der Waals surface area contributed by atoms with Gasteiger partial charge in [-0.3, -0.25) is 0 Å². The van der Waals surface area contributed by atoms with Gasteiger partial charge in [-0.15, -0.1) is 0 Å². The summed E-state index contributed by atoms with van der Waals surface area (Å²) in [6.07, 6.45) is 2.10. The summed E-state index contributed by atoms with van der Waals surface area (Å²) in [5.74, 6) is 0.575. The third-order valence-electron chi connectivity index (χ3n) is 2.97. The zero-order chi connectivity index (χ0) is 14.3. The van der Waals surface area contributed by atoms with Crippen molar-refractivity contribution in [3.63, 3.8) is 0 Å². The lowest BCUT2D eigenvalue weighted by Gasteiger charge is -2.22. The normalized spacial score (nSPS) is 13.5. The Morgan fingerprint density at radius 3 is 2.63 bits per heavy atom. The van der Waals surface area contributed by atoms with Crippen LogP contribution in [0.15, 0.2) is 24.3 Å². The van der Waals surface area contributed by atoms with E-state index in [1.807, 2.05) is 19.2 Å². The molecule has 0 aliphatic heterocycles. The molecule has 0 saturated carbocycles. The molecule has 0 heterocycles. The zero-order valence-electron chi connectivity index (χ0n) is 12.5. The summed E-state index contributed by atoms with van der Waals surface area (Å²) in [6.45, 7) is 8.08. The van der Waals surface area contributed by atoms with E-state index in [0.29, 0.717) is 5.92 Å². The second kappa shape index (κ2) is 7.88. The molecule has 0 amide bonds. The third kappa shape index (κ3) is 7.56. The van der Waals surface area contributed by atoms with Crippen molar-refractivity contribution >= 4 is 11.6 Å². The Hall–Kier alpha value is -0.570. The highest BCUT2D eigenvalue weighted by atomic mass is 35.5. The molecule has 1 aromatic rings. The lowest BCUT2D eigenvalue weighted by atomic mass is 9.96. The van der Waals surface area contributed by atoms with E-state index in [4.69, 9.17) is 16.3 Å². The van der Waals surface area contributed by atoms with Crippen LogP contribution in [0, 0.1) is 5.92 Å². The number of benzene rings is 1. The smallest absolute Gasteiger partial charge is 0.0598 e. The topological polar surface area (TPSA) is 21.3 Å². The van der Waals surface area contributed by atoms with Gasteiger partial charge >= 0.3 is 0 Å². The highest BCUT2D eigenvalue weighted by Gasteiger charge is 2.13. The lowest BCUT2D eigenvalue weighted by Crippen LogP contribution is -2.25. The average Bonchev–Trinajstić information content (AvgIpc) is 2.27. The van der Waals surface area contributed by atoms with Crippen LogP contribution in [-0.2, 0) is 11.2 Å². The number of hydrogen-bond donors (Lipinski definition) is 1. The SMILES string of the molecule is CNCC(CCOC(C)(C)C)Cc1cccc(Cl)c1. The van der Waals surface area contributed by atoms with Crippen molar-refractivity contribution in [2.45, 2.75) is 39.2 Å². The van der Waals surface area contributed by atoms with Crippen molar-refractivity contribution in [1.29, 1.82) is 0 Å². The first-order valence-corrected chi connectivity index (χ1v) is 7.31. The Kier molecular flexibility index (Phi) is 6.84. The summed E-state index contributed by atoms with van der Waals surface area (Å²) in [5.41, 5.74) is 1.24. The highest BCUT2D eigenvalue weighted by Crippen LogP contribution is 2.17. The molecule has 108 valence electrons. The fraction of sp³-hybridized carbons (Fsp3) is 0.625. The van der Waals surface area contributed by atoms with Crippen LogP contribution in [0.5, 0.6) is 0 Å². The summed E-state index contributed by atoms with van der Waals surface area (Å²) in [6, 6.07) is 8.12. The van der Waals surface area contributed by atoms with Crippen molar-refractivity contribution in [2.75, 3.05) is 20.2 Å². The highest BCUT2D eigenvalue weighted by molar-refractivity contribution is 6.30. The van der Waals surface area contributed by atoms with E-state index in [9.17, 15) is 0 Å². The van der Waals surface area contributed by atoms with E-state index in [-0.39, 0.29) is 5.60 Å². The molecule has 1 atom stereocenters. The molecule has 0 spiro atoms. The second-order valence-corrected chi connectivity index (χ2v) is 6.44. The van der Waals surface area contributed by atoms with Crippen molar-refractivity contribution in [3.8, 4) is 0 Å². The average molecular weight is 284 g/mol. The molecule has 3 heteroatoms. The third-order valence-corrected chi connectivity index (χ3v) is 3.20. The van der Waals surface area contributed by atoms with E-state index in [1.165, 1.54) is 5.56 Å². The first kappa shape index (κ1) is 16.5. The Morgan fingerprint density at radius 2 is 2.05 bits per heavy atom. The van der Waals surface area contributed by atoms with Gasteiger partial charge < -0.3 is 10.1 Å². The Labute approximate surface area is 122 Å². The maximum atomic E-state index is 6.03. The minimum Gasteiger partial charge on any atom is -0.376 e. The molecular weight excluding hydrogens is 258 g/mol. The lowest BCUT2D eigenvalue weighted by molar-refractivity contribution is -0.00912. The van der Waals surface area contributed by atoms with Crippen LogP contribution in [0.1, 0.15) is 32.8 Å². The summed E-state index contributed by atoms with van der Waals surface area (Å²) < 4.78 is 5.81. The summed E-state index contributed by atoms with van der Waals surface area (Å²) in [5, 5.41) is 4.07. The molecule has 0 aliphatic carbocycles. The fourth-order valence-electron chi connectivity index (χ4n) is 2.09.